The van der Waals surface area contributed by atoms with Crippen LogP contribution < -0.4 is 10.5 Å². The fraction of sp³-hybridized carbons (Fsp3) is 0.444. The van der Waals surface area contributed by atoms with Gasteiger partial charge in [0.25, 0.3) is 0 Å². The number of unbranched alkanes of at least 4 members (excludes halogenated alkanes) is 1. The summed E-state index contributed by atoms with van der Waals surface area (Å²) in [6, 6.07) is 3.29. The normalized spacial score (nSPS) is 11.6. The number of nitrogens with one attached hydrogen (secondary N) is 1. The van der Waals surface area contributed by atoms with Gasteiger partial charge in [-0.2, -0.15) is 0 Å². The predicted octanol–water partition coefficient (Wildman–Crippen LogP) is 2.25. The molecule has 1 heterocycles. The lowest BCUT2D eigenvalue weighted by atomic mass is 10.2. The first-order valence-electron chi connectivity index (χ1n) is 4.95. The zero-order valence-electron chi connectivity index (χ0n) is 8.98. The van der Waals surface area contributed by atoms with E-state index in [1.54, 1.807) is 12.1 Å². The maximum absolute atomic E-state index is 11.8. The number of nitrogens with two attached hydrogens (primary N) is 1. The summed E-state index contributed by atoms with van der Waals surface area (Å²) >= 11 is 9.15. The highest BCUT2D eigenvalue weighted by Crippen LogP contribution is 2.25. The van der Waals surface area contributed by atoms with Crippen molar-refractivity contribution in [3.05, 3.63) is 15.9 Å². The highest BCUT2D eigenvalue weighted by Gasteiger charge is 2.15. The van der Waals surface area contributed by atoms with Gasteiger partial charge >= 0.3 is 0 Å². The van der Waals surface area contributed by atoms with E-state index < -0.39 is 10.0 Å². The molecule has 0 saturated heterocycles. The summed E-state index contributed by atoms with van der Waals surface area (Å²) in [5, 5.41) is 0. The van der Waals surface area contributed by atoms with Crippen molar-refractivity contribution in [3.8, 4) is 0 Å². The Labute approximate surface area is 119 Å². The van der Waals surface area contributed by atoms with Crippen LogP contribution in [0.3, 0.4) is 0 Å². The van der Waals surface area contributed by atoms with Crippen LogP contribution in [-0.4, -0.2) is 20.0 Å². The van der Waals surface area contributed by atoms with Gasteiger partial charge in [-0.05, 0) is 47.3 Å². The van der Waals surface area contributed by atoms with Gasteiger partial charge in [0.05, 0.1) is 8.77 Å². The van der Waals surface area contributed by atoms with Crippen LogP contribution in [0.15, 0.2) is 20.1 Å². The smallest absolute Gasteiger partial charge is 0.250 e. The molecule has 0 radical (unpaired) electrons. The van der Waals surface area contributed by atoms with Crippen LogP contribution in [-0.2, 0) is 10.0 Å². The minimum absolute atomic E-state index is 0.318. The number of rotatable bonds is 7. The summed E-state index contributed by atoms with van der Waals surface area (Å²) in [4.78, 5) is 0.468. The molecule has 0 amide bonds. The van der Waals surface area contributed by atoms with Crippen molar-refractivity contribution in [2.45, 2.75) is 23.5 Å². The molecule has 96 valence electrons. The van der Waals surface area contributed by atoms with Crippen LogP contribution in [0.2, 0.25) is 0 Å². The molecule has 1 rings (SSSR count). The Balaban J connectivity index is 2.38. The molecular weight excluding hydrogens is 344 g/mol. The first-order chi connectivity index (χ1) is 7.92. The third kappa shape index (κ3) is 5.43. The Morgan fingerprint density at radius 1 is 1.47 bits per heavy atom. The number of sulfonamides is 1. The van der Waals surface area contributed by atoms with Crippen molar-refractivity contribution in [3.63, 3.8) is 0 Å². The first kappa shape index (κ1) is 15.0. The van der Waals surface area contributed by atoms with E-state index in [2.05, 4.69) is 20.7 Å². The highest BCUT2D eigenvalue weighted by molar-refractivity contribution is 9.11. The number of halogens is 1. The summed E-state index contributed by atoms with van der Waals surface area (Å²) in [6.07, 6.45) is 2.18. The van der Waals surface area contributed by atoms with Gasteiger partial charge in [-0.3, -0.25) is 0 Å². The fourth-order valence-electron chi connectivity index (χ4n) is 1.14. The summed E-state index contributed by atoms with van der Waals surface area (Å²) in [6.45, 7) is 0.403. The molecule has 0 bridgehead atoms. The molecule has 0 aliphatic heterocycles. The van der Waals surface area contributed by atoms with E-state index in [9.17, 15) is 8.42 Å². The third-order valence-corrected chi connectivity index (χ3v) is 5.74. The van der Waals surface area contributed by atoms with E-state index >= 15 is 0 Å². The van der Waals surface area contributed by atoms with Crippen molar-refractivity contribution < 1.29 is 8.42 Å². The van der Waals surface area contributed by atoms with Gasteiger partial charge in [-0.1, -0.05) is 12.2 Å². The molecular formula is C9H13BrN2O2S3. The Kier molecular flexibility index (Phi) is 6.01. The largest absolute Gasteiger partial charge is 0.393 e. The van der Waals surface area contributed by atoms with Gasteiger partial charge in [0.1, 0.15) is 4.21 Å². The lowest BCUT2D eigenvalue weighted by molar-refractivity contribution is 0.579. The van der Waals surface area contributed by atoms with Crippen LogP contribution in [0.25, 0.3) is 0 Å². The molecule has 4 nitrogen and oxygen atoms in total. The molecule has 1 aromatic rings. The second kappa shape index (κ2) is 6.79. The van der Waals surface area contributed by atoms with Crippen LogP contribution in [0.5, 0.6) is 0 Å². The maximum atomic E-state index is 11.8. The number of hydrogen-bond acceptors (Lipinski definition) is 4. The minimum atomic E-state index is -3.37. The molecule has 0 aromatic carbocycles. The Hall–Kier alpha value is -0.0200. The predicted molar refractivity (Wildman–Crippen MR) is 77.8 cm³/mol. The third-order valence-electron chi connectivity index (χ3n) is 1.96. The van der Waals surface area contributed by atoms with Crippen molar-refractivity contribution in [1.29, 1.82) is 0 Å². The second-order valence-corrected chi connectivity index (χ2v) is 8.36. The van der Waals surface area contributed by atoms with Crippen LogP contribution in [0, 0.1) is 0 Å². The van der Waals surface area contributed by atoms with E-state index in [1.807, 2.05) is 0 Å². The van der Waals surface area contributed by atoms with E-state index in [0.29, 0.717) is 22.2 Å². The van der Waals surface area contributed by atoms with Crippen LogP contribution in [0.4, 0.5) is 0 Å². The molecule has 8 heteroatoms. The summed E-state index contributed by atoms with van der Waals surface area (Å²) < 4.78 is 27.2. The Bertz CT molecular complexity index is 484. The molecule has 0 aliphatic rings. The van der Waals surface area contributed by atoms with Gasteiger partial charge in [-0.15, -0.1) is 11.3 Å². The van der Waals surface area contributed by atoms with Crippen molar-refractivity contribution >= 4 is 54.5 Å². The van der Waals surface area contributed by atoms with E-state index in [1.165, 1.54) is 11.3 Å². The zero-order valence-corrected chi connectivity index (χ0v) is 13.0. The van der Waals surface area contributed by atoms with Crippen molar-refractivity contribution in [1.82, 2.24) is 4.72 Å². The lowest BCUT2D eigenvalue weighted by Gasteiger charge is -2.04. The second-order valence-electron chi connectivity index (χ2n) is 3.38. The SMILES string of the molecule is NC(=S)CCCCNS(=O)(=O)c1ccc(Br)s1. The van der Waals surface area contributed by atoms with E-state index in [4.69, 9.17) is 18.0 Å². The summed E-state index contributed by atoms with van der Waals surface area (Å²) in [7, 11) is -3.37. The van der Waals surface area contributed by atoms with Crippen LogP contribution in [0.1, 0.15) is 19.3 Å². The molecule has 17 heavy (non-hydrogen) atoms. The lowest BCUT2D eigenvalue weighted by Crippen LogP contribution is -2.24. The van der Waals surface area contributed by atoms with Gasteiger partial charge in [-0.25, -0.2) is 13.1 Å². The van der Waals surface area contributed by atoms with Crippen molar-refractivity contribution in [2.75, 3.05) is 6.54 Å². The topological polar surface area (TPSA) is 72.2 Å². The van der Waals surface area contributed by atoms with E-state index in [0.717, 1.165) is 16.6 Å². The molecule has 0 fully saturated rings. The zero-order chi connectivity index (χ0) is 12.9. The average molecular weight is 357 g/mol. The van der Waals surface area contributed by atoms with Crippen molar-refractivity contribution in [2.24, 2.45) is 5.73 Å². The van der Waals surface area contributed by atoms with E-state index in [-0.39, 0.29) is 0 Å². The Morgan fingerprint density at radius 2 is 2.18 bits per heavy atom. The molecule has 1 aromatic heterocycles. The molecule has 0 atom stereocenters. The van der Waals surface area contributed by atoms with Crippen LogP contribution >= 0.6 is 39.5 Å². The van der Waals surface area contributed by atoms with Gasteiger partial charge < -0.3 is 5.73 Å². The molecule has 3 N–H and O–H groups in total. The van der Waals surface area contributed by atoms with Gasteiger partial charge in [0.15, 0.2) is 0 Å². The summed E-state index contributed by atoms with van der Waals surface area (Å²) in [5.41, 5.74) is 5.34. The monoisotopic (exact) mass is 356 g/mol. The highest BCUT2D eigenvalue weighted by atomic mass is 79.9. The number of thiophene rings is 1. The average Bonchev–Trinajstić information content (AvgIpc) is 2.64. The molecule has 0 aliphatic carbocycles. The first-order valence-corrected chi connectivity index (χ1v) is 8.45. The maximum Gasteiger partial charge on any atom is 0.250 e. The standard InChI is InChI=1S/C9H13BrN2O2S3/c10-7-4-5-9(16-7)17(13,14)12-6-2-1-3-8(11)15/h4-5,12H,1-3,6H2,(H2,11,15). The summed E-state index contributed by atoms with van der Waals surface area (Å²) in [5.74, 6) is 0. The van der Waals surface area contributed by atoms with Gasteiger partial charge in [0.2, 0.25) is 10.0 Å². The molecule has 0 saturated carbocycles. The number of thiocarbonyl (C=S) groups is 1. The molecule has 0 unspecified atom stereocenters. The minimum Gasteiger partial charge on any atom is -0.393 e. The van der Waals surface area contributed by atoms with Gasteiger partial charge in [0, 0.05) is 6.54 Å². The quantitative estimate of drug-likeness (QED) is 0.580. The molecule has 0 spiro atoms. The fourth-order valence-corrected chi connectivity index (χ4v) is 4.42. The number of hydrogen-bond donors (Lipinski definition) is 2. The Morgan fingerprint density at radius 3 is 2.71 bits per heavy atom.